The van der Waals surface area contributed by atoms with E-state index < -0.39 is 5.24 Å². The second-order valence-corrected chi connectivity index (χ2v) is 3.75. The minimum absolute atomic E-state index is 0.210. The van der Waals surface area contributed by atoms with Crippen molar-refractivity contribution in [3.8, 4) is 0 Å². The molecule has 0 unspecified atom stereocenters. The zero-order valence-corrected chi connectivity index (χ0v) is 9.79. The third kappa shape index (κ3) is 4.45. The van der Waals surface area contributed by atoms with Crippen LogP contribution < -0.4 is 0 Å². The third-order valence-electron chi connectivity index (χ3n) is 2.02. The topological polar surface area (TPSA) is 43.4 Å². The van der Waals surface area contributed by atoms with Crippen molar-refractivity contribution in [3.63, 3.8) is 0 Å². The molecule has 0 radical (unpaired) electrons. The number of carbonyl (C=O) groups excluding carboxylic acids is 2. The van der Waals surface area contributed by atoms with E-state index in [9.17, 15) is 9.59 Å². The van der Waals surface area contributed by atoms with Crippen LogP contribution in [-0.4, -0.2) is 17.8 Å². The first-order valence-corrected chi connectivity index (χ1v) is 5.41. The summed E-state index contributed by atoms with van der Waals surface area (Å²) in [6.07, 6.45) is 0.462. The molecular formula is C12H13ClO3. The summed E-state index contributed by atoms with van der Waals surface area (Å²) in [7, 11) is 0. The number of carbonyl (C=O) groups is 2. The molecule has 0 bridgehead atoms. The van der Waals surface area contributed by atoms with Crippen molar-refractivity contribution >= 4 is 22.8 Å². The van der Waals surface area contributed by atoms with Gasteiger partial charge >= 0.3 is 5.97 Å². The minimum Gasteiger partial charge on any atom is -0.466 e. The van der Waals surface area contributed by atoms with Gasteiger partial charge < -0.3 is 4.74 Å². The Labute approximate surface area is 99.4 Å². The lowest BCUT2D eigenvalue weighted by Crippen LogP contribution is -2.07. The molecule has 16 heavy (non-hydrogen) atoms. The second kappa shape index (κ2) is 6.28. The van der Waals surface area contributed by atoms with Gasteiger partial charge in [0.05, 0.1) is 13.0 Å². The highest BCUT2D eigenvalue weighted by molar-refractivity contribution is 6.63. The number of halogens is 1. The lowest BCUT2D eigenvalue weighted by molar-refractivity contribution is -0.142. The van der Waals surface area contributed by atoms with Gasteiger partial charge in [-0.05, 0) is 29.7 Å². The molecule has 0 atom stereocenters. The maximum absolute atomic E-state index is 11.2. The highest BCUT2D eigenvalue weighted by Gasteiger charge is 2.04. The molecule has 1 aromatic carbocycles. The van der Waals surface area contributed by atoms with Crippen LogP contribution in [-0.2, 0) is 27.2 Å². The van der Waals surface area contributed by atoms with E-state index in [1.54, 1.807) is 31.2 Å². The second-order valence-electron chi connectivity index (χ2n) is 3.33. The van der Waals surface area contributed by atoms with Gasteiger partial charge in [0.15, 0.2) is 0 Å². The van der Waals surface area contributed by atoms with Gasteiger partial charge in [0, 0.05) is 6.42 Å². The molecule has 0 spiro atoms. The monoisotopic (exact) mass is 240 g/mol. The molecule has 0 aromatic heterocycles. The summed E-state index contributed by atoms with van der Waals surface area (Å²) in [4.78, 5) is 21.8. The fraction of sp³-hybridized carbons (Fsp3) is 0.333. The van der Waals surface area contributed by atoms with Crippen molar-refractivity contribution in [1.82, 2.24) is 0 Å². The SMILES string of the molecule is CCOC(=O)Cc1ccc(CC(=O)Cl)cc1. The fourth-order valence-electron chi connectivity index (χ4n) is 1.31. The summed E-state index contributed by atoms with van der Waals surface area (Å²) < 4.78 is 4.83. The van der Waals surface area contributed by atoms with E-state index in [1.807, 2.05) is 0 Å². The summed E-state index contributed by atoms with van der Waals surface area (Å²) in [6.45, 7) is 2.16. The van der Waals surface area contributed by atoms with E-state index in [0.29, 0.717) is 6.61 Å². The van der Waals surface area contributed by atoms with Crippen LogP contribution in [0.15, 0.2) is 24.3 Å². The van der Waals surface area contributed by atoms with Gasteiger partial charge in [-0.2, -0.15) is 0 Å². The quantitative estimate of drug-likeness (QED) is 0.585. The molecule has 0 aliphatic heterocycles. The summed E-state index contributed by atoms with van der Waals surface area (Å²) in [5, 5.41) is -0.391. The molecular weight excluding hydrogens is 228 g/mol. The zero-order valence-electron chi connectivity index (χ0n) is 9.03. The van der Waals surface area contributed by atoms with Gasteiger partial charge in [0.25, 0.3) is 0 Å². The maximum Gasteiger partial charge on any atom is 0.310 e. The predicted octanol–water partition coefficient (Wildman–Crippen LogP) is 2.10. The third-order valence-corrected chi connectivity index (χ3v) is 2.15. The van der Waals surface area contributed by atoms with E-state index in [0.717, 1.165) is 11.1 Å². The Hall–Kier alpha value is -1.35. The molecule has 0 aliphatic rings. The van der Waals surface area contributed by atoms with Crippen molar-refractivity contribution in [3.05, 3.63) is 35.4 Å². The van der Waals surface area contributed by atoms with Crippen LogP contribution in [0.1, 0.15) is 18.1 Å². The fourth-order valence-corrected chi connectivity index (χ4v) is 1.47. The van der Waals surface area contributed by atoms with Gasteiger partial charge in [-0.25, -0.2) is 0 Å². The van der Waals surface area contributed by atoms with Gasteiger partial charge in [0.2, 0.25) is 5.24 Å². The summed E-state index contributed by atoms with van der Waals surface area (Å²) >= 11 is 5.26. The standard InChI is InChI=1S/C12H13ClO3/c1-2-16-12(15)8-10-5-3-9(4-6-10)7-11(13)14/h3-6H,2,7-8H2,1H3. The maximum atomic E-state index is 11.2. The first-order valence-electron chi connectivity index (χ1n) is 5.03. The predicted molar refractivity (Wildman–Crippen MR) is 61.3 cm³/mol. The van der Waals surface area contributed by atoms with E-state index >= 15 is 0 Å². The van der Waals surface area contributed by atoms with Gasteiger partial charge in [-0.1, -0.05) is 24.3 Å². The Morgan fingerprint density at radius 3 is 2.06 bits per heavy atom. The number of benzene rings is 1. The highest BCUT2D eigenvalue weighted by atomic mass is 35.5. The Morgan fingerprint density at radius 1 is 1.12 bits per heavy atom. The van der Waals surface area contributed by atoms with Gasteiger partial charge in [-0.3, -0.25) is 9.59 Å². The van der Waals surface area contributed by atoms with Crippen molar-refractivity contribution in [2.45, 2.75) is 19.8 Å². The molecule has 0 saturated carbocycles. The zero-order chi connectivity index (χ0) is 12.0. The number of hydrogen-bond acceptors (Lipinski definition) is 3. The smallest absolute Gasteiger partial charge is 0.310 e. The molecule has 0 amide bonds. The molecule has 0 N–H and O–H groups in total. The molecule has 1 aromatic rings. The Bertz CT molecular complexity index is 370. The molecule has 86 valence electrons. The van der Waals surface area contributed by atoms with Crippen LogP contribution in [0.3, 0.4) is 0 Å². The van der Waals surface area contributed by atoms with Gasteiger partial charge in [-0.15, -0.1) is 0 Å². The average Bonchev–Trinajstić information content (AvgIpc) is 2.20. The van der Waals surface area contributed by atoms with E-state index in [-0.39, 0.29) is 18.8 Å². The van der Waals surface area contributed by atoms with Crippen LogP contribution in [0.5, 0.6) is 0 Å². The Balaban J connectivity index is 2.57. The molecule has 0 heterocycles. The number of esters is 1. The van der Waals surface area contributed by atoms with Crippen molar-refractivity contribution in [1.29, 1.82) is 0 Å². The number of ether oxygens (including phenoxy) is 1. The van der Waals surface area contributed by atoms with Crippen molar-refractivity contribution in [2.75, 3.05) is 6.61 Å². The van der Waals surface area contributed by atoms with Crippen LogP contribution in [0.25, 0.3) is 0 Å². The average molecular weight is 241 g/mol. The lowest BCUT2D eigenvalue weighted by Gasteiger charge is -2.03. The van der Waals surface area contributed by atoms with Crippen molar-refractivity contribution in [2.24, 2.45) is 0 Å². The normalized spacial score (nSPS) is 9.88. The number of rotatable bonds is 5. The Kier molecular flexibility index (Phi) is 4.99. The molecule has 1 rings (SSSR count). The van der Waals surface area contributed by atoms with Crippen LogP contribution in [0.4, 0.5) is 0 Å². The van der Waals surface area contributed by atoms with Crippen LogP contribution in [0.2, 0.25) is 0 Å². The highest BCUT2D eigenvalue weighted by Crippen LogP contribution is 2.07. The Morgan fingerprint density at radius 2 is 1.62 bits per heavy atom. The van der Waals surface area contributed by atoms with Crippen molar-refractivity contribution < 1.29 is 14.3 Å². The van der Waals surface area contributed by atoms with Gasteiger partial charge in [0.1, 0.15) is 0 Å². The molecule has 0 fully saturated rings. The first kappa shape index (κ1) is 12.7. The van der Waals surface area contributed by atoms with E-state index in [4.69, 9.17) is 16.3 Å². The summed E-state index contributed by atoms with van der Waals surface area (Å²) in [5.41, 5.74) is 1.71. The van der Waals surface area contributed by atoms with Crippen LogP contribution in [0, 0.1) is 0 Å². The number of hydrogen-bond donors (Lipinski definition) is 0. The van der Waals surface area contributed by atoms with Crippen LogP contribution >= 0.6 is 11.6 Å². The summed E-state index contributed by atoms with van der Waals surface area (Å²) in [5.74, 6) is -0.247. The summed E-state index contributed by atoms with van der Waals surface area (Å²) in [6, 6.07) is 7.17. The lowest BCUT2D eigenvalue weighted by atomic mass is 10.1. The minimum atomic E-state index is -0.391. The van der Waals surface area contributed by atoms with E-state index in [1.165, 1.54) is 0 Å². The van der Waals surface area contributed by atoms with E-state index in [2.05, 4.69) is 0 Å². The molecule has 3 nitrogen and oxygen atoms in total. The molecule has 4 heteroatoms. The largest absolute Gasteiger partial charge is 0.466 e. The molecule has 0 saturated heterocycles. The first-order chi connectivity index (χ1) is 7.61. The molecule has 0 aliphatic carbocycles.